The first kappa shape index (κ1) is 15.4. The summed E-state index contributed by atoms with van der Waals surface area (Å²) in [5, 5.41) is 5.94. The zero-order chi connectivity index (χ0) is 13.8. The zero-order valence-electron chi connectivity index (χ0n) is 11.5. The fourth-order valence-corrected chi connectivity index (χ4v) is 2.14. The molecule has 0 aromatic rings. The lowest BCUT2D eigenvalue weighted by Gasteiger charge is -2.24. The molecule has 1 unspecified atom stereocenters. The second-order valence-corrected chi connectivity index (χ2v) is 8.26. The Balaban J connectivity index is 2.50. The molecule has 5 nitrogen and oxygen atoms in total. The van der Waals surface area contributed by atoms with E-state index in [1.807, 2.05) is 0 Å². The fourth-order valence-electron chi connectivity index (χ4n) is 1.81. The molecule has 1 rings (SSSR count). The van der Waals surface area contributed by atoms with Gasteiger partial charge >= 0.3 is 0 Å². The van der Waals surface area contributed by atoms with Crippen LogP contribution in [0.4, 0.5) is 0 Å². The van der Waals surface area contributed by atoms with Gasteiger partial charge in [-0.25, -0.2) is 8.42 Å². The molecule has 6 heteroatoms. The molecule has 1 amide bonds. The molecule has 0 saturated carbocycles. The molecule has 0 radical (unpaired) electrons. The van der Waals surface area contributed by atoms with Gasteiger partial charge in [0.1, 0.15) is 0 Å². The van der Waals surface area contributed by atoms with Crippen LogP contribution in [-0.4, -0.2) is 44.5 Å². The Kier molecular flexibility index (Phi) is 5.16. The third kappa shape index (κ3) is 4.24. The van der Waals surface area contributed by atoms with E-state index in [4.69, 9.17) is 0 Å². The summed E-state index contributed by atoms with van der Waals surface area (Å²) in [4.78, 5) is 12.0. The molecule has 18 heavy (non-hydrogen) atoms. The van der Waals surface area contributed by atoms with Crippen LogP contribution in [0.25, 0.3) is 0 Å². The number of sulfone groups is 1. The maximum atomic E-state index is 12.0. The molecule has 1 aliphatic heterocycles. The summed E-state index contributed by atoms with van der Waals surface area (Å²) >= 11 is 0. The minimum absolute atomic E-state index is 0.0892. The summed E-state index contributed by atoms with van der Waals surface area (Å²) in [6, 6.07) is -0.178. The van der Waals surface area contributed by atoms with Crippen molar-refractivity contribution in [2.45, 2.75) is 50.3 Å². The molecule has 0 aliphatic carbocycles. The predicted molar refractivity (Wildman–Crippen MR) is 72.2 cm³/mol. The molecule has 1 saturated heterocycles. The molecule has 0 aromatic heterocycles. The highest BCUT2D eigenvalue weighted by atomic mass is 32.2. The topological polar surface area (TPSA) is 75.3 Å². The van der Waals surface area contributed by atoms with E-state index in [1.165, 1.54) is 6.26 Å². The van der Waals surface area contributed by atoms with Gasteiger partial charge < -0.3 is 10.6 Å². The van der Waals surface area contributed by atoms with E-state index in [1.54, 1.807) is 13.8 Å². The van der Waals surface area contributed by atoms with Gasteiger partial charge in [0.2, 0.25) is 5.91 Å². The average Bonchev–Trinajstić information content (AvgIpc) is 2.52. The van der Waals surface area contributed by atoms with Crippen LogP contribution < -0.4 is 10.6 Å². The Morgan fingerprint density at radius 1 is 1.33 bits per heavy atom. The minimum atomic E-state index is -3.17. The first-order valence-electron chi connectivity index (χ1n) is 6.45. The molecule has 106 valence electrons. The van der Waals surface area contributed by atoms with Crippen LogP contribution >= 0.6 is 0 Å². The monoisotopic (exact) mass is 276 g/mol. The third-order valence-electron chi connectivity index (χ3n) is 3.57. The van der Waals surface area contributed by atoms with Crippen molar-refractivity contribution in [1.82, 2.24) is 10.6 Å². The van der Waals surface area contributed by atoms with Gasteiger partial charge in [-0.2, -0.15) is 0 Å². The van der Waals surface area contributed by atoms with E-state index >= 15 is 0 Å². The summed E-state index contributed by atoms with van der Waals surface area (Å²) in [5.74, 6) is -0.0892. The van der Waals surface area contributed by atoms with Crippen molar-refractivity contribution in [2.24, 2.45) is 0 Å². The SMILES string of the molecule is CC(C)(CNC(=O)C1CCCCCN1)S(C)(=O)=O. The average molecular weight is 276 g/mol. The van der Waals surface area contributed by atoms with Gasteiger partial charge in [0.15, 0.2) is 9.84 Å². The van der Waals surface area contributed by atoms with E-state index < -0.39 is 14.6 Å². The Morgan fingerprint density at radius 3 is 2.61 bits per heavy atom. The number of carbonyl (C=O) groups is 1. The molecule has 0 bridgehead atoms. The molecule has 1 fully saturated rings. The molecular formula is C12H24N2O3S. The van der Waals surface area contributed by atoms with Gasteiger partial charge in [0, 0.05) is 12.8 Å². The first-order chi connectivity index (χ1) is 8.24. The van der Waals surface area contributed by atoms with Crippen LogP contribution in [0, 0.1) is 0 Å². The van der Waals surface area contributed by atoms with Gasteiger partial charge in [0.25, 0.3) is 0 Å². The van der Waals surface area contributed by atoms with Crippen LogP contribution in [0.2, 0.25) is 0 Å². The number of hydrogen-bond donors (Lipinski definition) is 2. The largest absolute Gasteiger partial charge is 0.353 e. The molecule has 1 aliphatic rings. The third-order valence-corrected chi connectivity index (χ3v) is 5.72. The number of hydrogen-bond acceptors (Lipinski definition) is 4. The van der Waals surface area contributed by atoms with Gasteiger partial charge in [-0.3, -0.25) is 4.79 Å². The van der Waals surface area contributed by atoms with Crippen LogP contribution in [-0.2, 0) is 14.6 Å². The summed E-state index contributed by atoms with van der Waals surface area (Å²) in [6.07, 6.45) is 5.30. The molecule has 0 aromatic carbocycles. The van der Waals surface area contributed by atoms with Crippen molar-refractivity contribution >= 4 is 15.7 Å². The van der Waals surface area contributed by atoms with Crippen molar-refractivity contribution < 1.29 is 13.2 Å². The minimum Gasteiger partial charge on any atom is -0.353 e. The molecular weight excluding hydrogens is 252 g/mol. The van der Waals surface area contributed by atoms with Crippen LogP contribution in [0.1, 0.15) is 39.5 Å². The normalized spacial score (nSPS) is 22.3. The van der Waals surface area contributed by atoms with Crippen molar-refractivity contribution in [3.05, 3.63) is 0 Å². The van der Waals surface area contributed by atoms with Gasteiger partial charge in [0.05, 0.1) is 10.8 Å². The predicted octanol–water partition coefficient (Wildman–Crippen LogP) is 0.458. The van der Waals surface area contributed by atoms with E-state index in [-0.39, 0.29) is 18.5 Å². The quantitative estimate of drug-likeness (QED) is 0.782. The lowest BCUT2D eigenvalue weighted by atomic mass is 10.1. The van der Waals surface area contributed by atoms with E-state index in [9.17, 15) is 13.2 Å². The summed E-state index contributed by atoms with van der Waals surface area (Å²) < 4.78 is 22.1. The molecule has 0 spiro atoms. The van der Waals surface area contributed by atoms with Crippen molar-refractivity contribution in [3.8, 4) is 0 Å². The second-order valence-electron chi connectivity index (χ2n) is 5.61. The summed E-state index contributed by atoms with van der Waals surface area (Å²) in [5.41, 5.74) is 0. The summed E-state index contributed by atoms with van der Waals surface area (Å²) in [6.45, 7) is 4.27. The second kappa shape index (κ2) is 6.02. The molecule has 1 atom stereocenters. The smallest absolute Gasteiger partial charge is 0.237 e. The fraction of sp³-hybridized carbons (Fsp3) is 0.917. The standard InChI is InChI=1S/C12H24N2O3S/c1-12(2,18(3,16)17)9-14-11(15)10-7-5-4-6-8-13-10/h10,13H,4-9H2,1-3H3,(H,14,15). The lowest BCUT2D eigenvalue weighted by Crippen LogP contribution is -2.49. The van der Waals surface area contributed by atoms with E-state index in [2.05, 4.69) is 10.6 Å². The Labute approximate surface area is 110 Å². The number of carbonyl (C=O) groups excluding carboxylic acids is 1. The molecule has 2 N–H and O–H groups in total. The van der Waals surface area contributed by atoms with Gasteiger partial charge in [-0.15, -0.1) is 0 Å². The highest BCUT2D eigenvalue weighted by Crippen LogP contribution is 2.14. The Bertz CT molecular complexity index is 382. The summed E-state index contributed by atoms with van der Waals surface area (Å²) in [7, 11) is -3.17. The van der Waals surface area contributed by atoms with E-state index in [0.717, 1.165) is 32.2 Å². The highest BCUT2D eigenvalue weighted by Gasteiger charge is 2.31. The molecule has 1 heterocycles. The van der Waals surface area contributed by atoms with Crippen molar-refractivity contribution in [2.75, 3.05) is 19.3 Å². The number of amides is 1. The maximum Gasteiger partial charge on any atom is 0.237 e. The Hall–Kier alpha value is -0.620. The van der Waals surface area contributed by atoms with E-state index in [0.29, 0.717) is 0 Å². The number of rotatable bonds is 4. The van der Waals surface area contributed by atoms with Gasteiger partial charge in [-0.1, -0.05) is 12.8 Å². The van der Waals surface area contributed by atoms with Crippen LogP contribution in [0.5, 0.6) is 0 Å². The first-order valence-corrected chi connectivity index (χ1v) is 8.34. The van der Waals surface area contributed by atoms with Crippen LogP contribution in [0.3, 0.4) is 0 Å². The lowest BCUT2D eigenvalue weighted by molar-refractivity contribution is -0.123. The van der Waals surface area contributed by atoms with Gasteiger partial charge in [-0.05, 0) is 33.2 Å². The highest BCUT2D eigenvalue weighted by molar-refractivity contribution is 7.92. The van der Waals surface area contributed by atoms with Crippen LogP contribution in [0.15, 0.2) is 0 Å². The zero-order valence-corrected chi connectivity index (χ0v) is 12.3. The Morgan fingerprint density at radius 2 is 2.00 bits per heavy atom. The number of nitrogens with one attached hydrogen (secondary N) is 2. The van der Waals surface area contributed by atoms with Crippen molar-refractivity contribution in [3.63, 3.8) is 0 Å². The van der Waals surface area contributed by atoms with Crippen molar-refractivity contribution in [1.29, 1.82) is 0 Å². The maximum absolute atomic E-state index is 12.0.